The topological polar surface area (TPSA) is 257 Å². The number of nitrogens with one attached hydrogen (secondary N) is 5. The van der Waals surface area contributed by atoms with Crippen molar-refractivity contribution >= 4 is 53.8 Å². The van der Waals surface area contributed by atoms with E-state index in [9.17, 15) is 43.8 Å². The second kappa shape index (κ2) is 24.5. The summed E-state index contributed by atoms with van der Waals surface area (Å²) in [7, 11) is 0. The maximum absolute atomic E-state index is 13.2. The molecule has 0 unspecified atom stereocenters. The summed E-state index contributed by atoms with van der Waals surface area (Å²) in [5, 5.41) is 31.5. The van der Waals surface area contributed by atoms with Crippen LogP contribution >= 0.6 is 11.6 Å². The molecular formula is C55H60ClN5O13. The number of carbonyl (C=O) groups is 7. The van der Waals surface area contributed by atoms with E-state index in [-0.39, 0.29) is 38.0 Å². The van der Waals surface area contributed by atoms with E-state index in [1.54, 1.807) is 65.8 Å². The average molecular weight is 1030 g/mol. The number of fused-ring (bicyclic) bond motifs is 6. The molecule has 0 aliphatic heterocycles. The van der Waals surface area contributed by atoms with Gasteiger partial charge in [0.15, 0.2) is 0 Å². The number of ether oxygens (including phenoxy) is 4. The minimum absolute atomic E-state index is 0.0361. The quantitative estimate of drug-likeness (QED) is 0.0459. The van der Waals surface area contributed by atoms with Crippen molar-refractivity contribution in [2.75, 3.05) is 26.3 Å². The fourth-order valence-electron chi connectivity index (χ4n) is 8.31. The standard InChI is InChI=1S/C32H34ClN3O7.C23H26N2O6/c1-32(2,3)43-31(41)36-26(16-19-12-14-20(33)15-13-19)28(37)35-27(29(38)39)17-34-30(40)42-18-25-23-10-6-4-8-21(23)22-9-5-7-11-24(22)25;1-23(2,3)31-22(29)25-19(20(26)27)12-24-21(28)30-13-18-16-10-6-4-8-14(16)15-9-5-7-11-17(15)18/h4-15,25-27H,16-18H2,1-3H3,(H,34,40)(H,35,37)(H,36,41)(H,38,39);4-11,18-19H,12-13H2,1-3H3,(H,24,28)(H,25,29)(H,26,27)/t26-,27+;19-/m01/s1. The van der Waals surface area contributed by atoms with Crippen molar-refractivity contribution < 1.29 is 62.7 Å². The van der Waals surface area contributed by atoms with Gasteiger partial charge in [-0.3, -0.25) is 4.79 Å². The Balaban J connectivity index is 0.000000254. The minimum Gasteiger partial charge on any atom is -0.480 e. The van der Waals surface area contributed by atoms with Crippen LogP contribution in [0.25, 0.3) is 22.3 Å². The molecule has 0 saturated carbocycles. The lowest BCUT2D eigenvalue weighted by atomic mass is 9.98. The van der Waals surface area contributed by atoms with E-state index in [1.807, 2.05) is 97.1 Å². The SMILES string of the molecule is CC(C)(C)OC(=O)N[C@@H](Cc1ccc(Cl)cc1)C(=O)N[C@H](CNC(=O)OCC1c2ccccc2-c2ccccc21)C(=O)O.CC(C)(C)OC(=O)N[C@H](CNC(=O)OCC1c2ccccc2-c2ccccc21)C(=O)O. The fraction of sp³-hybridized carbons (Fsp3) is 0.327. The van der Waals surface area contributed by atoms with Crippen LogP contribution in [0.3, 0.4) is 0 Å². The number of hydrogen-bond acceptors (Lipinski definition) is 11. The molecule has 5 amide bonds. The maximum Gasteiger partial charge on any atom is 0.408 e. The molecule has 74 heavy (non-hydrogen) atoms. The maximum atomic E-state index is 13.2. The number of carboxylic acid groups (broad SMARTS) is 2. The lowest BCUT2D eigenvalue weighted by Crippen LogP contribution is -2.55. The number of halogens is 1. The van der Waals surface area contributed by atoms with Gasteiger partial charge in [-0.2, -0.15) is 0 Å². The number of amides is 5. The van der Waals surface area contributed by atoms with E-state index in [0.717, 1.165) is 44.5 Å². The zero-order valence-electron chi connectivity index (χ0n) is 41.7. The van der Waals surface area contributed by atoms with Crippen molar-refractivity contribution in [3.8, 4) is 22.3 Å². The van der Waals surface area contributed by atoms with Gasteiger partial charge in [0.1, 0.15) is 42.5 Å². The highest BCUT2D eigenvalue weighted by atomic mass is 35.5. The lowest BCUT2D eigenvalue weighted by molar-refractivity contribution is -0.142. The van der Waals surface area contributed by atoms with Gasteiger partial charge in [-0.05, 0) is 104 Å². The monoisotopic (exact) mass is 1030 g/mol. The molecule has 18 nitrogen and oxygen atoms in total. The summed E-state index contributed by atoms with van der Waals surface area (Å²) in [6, 6.07) is 34.3. The van der Waals surface area contributed by atoms with Crippen LogP contribution in [0.4, 0.5) is 19.2 Å². The van der Waals surface area contributed by atoms with Gasteiger partial charge in [-0.1, -0.05) is 121 Å². The Kier molecular flexibility index (Phi) is 18.3. The van der Waals surface area contributed by atoms with Crippen LogP contribution in [0, 0.1) is 0 Å². The summed E-state index contributed by atoms with van der Waals surface area (Å²) in [4.78, 5) is 85.6. The van der Waals surface area contributed by atoms with Crippen LogP contribution in [0.2, 0.25) is 5.02 Å². The van der Waals surface area contributed by atoms with Gasteiger partial charge < -0.3 is 55.7 Å². The average Bonchev–Trinajstić information content (AvgIpc) is 3.84. The number of carbonyl (C=O) groups excluding carboxylic acids is 5. The van der Waals surface area contributed by atoms with E-state index < -0.39 is 78.1 Å². The Hall–Kier alpha value is -8.12. The van der Waals surface area contributed by atoms with Gasteiger partial charge in [-0.25, -0.2) is 28.8 Å². The molecule has 0 heterocycles. The highest BCUT2D eigenvalue weighted by Crippen LogP contribution is 2.45. The molecule has 0 saturated heterocycles. The van der Waals surface area contributed by atoms with Crippen LogP contribution in [0.1, 0.15) is 81.2 Å². The zero-order chi connectivity index (χ0) is 53.7. The number of carboxylic acids is 2. The molecule has 2 aliphatic rings. The second-order valence-corrected chi connectivity index (χ2v) is 19.8. The summed E-state index contributed by atoms with van der Waals surface area (Å²) in [6.45, 7) is 9.39. The predicted molar refractivity (Wildman–Crippen MR) is 275 cm³/mol. The van der Waals surface area contributed by atoms with Crippen molar-refractivity contribution in [2.24, 2.45) is 0 Å². The molecule has 5 aromatic carbocycles. The Morgan fingerprint density at radius 3 is 1.18 bits per heavy atom. The van der Waals surface area contributed by atoms with Crippen LogP contribution in [0.15, 0.2) is 121 Å². The van der Waals surface area contributed by atoms with Gasteiger partial charge in [-0.15, -0.1) is 0 Å². The molecule has 7 N–H and O–H groups in total. The molecule has 0 bridgehead atoms. The molecule has 0 radical (unpaired) electrons. The van der Waals surface area contributed by atoms with Gasteiger partial charge in [0, 0.05) is 23.3 Å². The Morgan fingerprint density at radius 1 is 0.486 bits per heavy atom. The minimum atomic E-state index is -1.50. The highest BCUT2D eigenvalue weighted by Gasteiger charge is 2.33. The summed E-state index contributed by atoms with van der Waals surface area (Å²) >= 11 is 5.96. The summed E-state index contributed by atoms with van der Waals surface area (Å²) < 4.78 is 21.2. The highest BCUT2D eigenvalue weighted by molar-refractivity contribution is 6.30. The fourth-order valence-corrected chi connectivity index (χ4v) is 8.43. The van der Waals surface area contributed by atoms with E-state index in [0.29, 0.717) is 10.6 Å². The lowest BCUT2D eigenvalue weighted by Gasteiger charge is -2.24. The van der Waals surface area contributed by atoms with Gasteiger partial charge in [0.05, 0.1) is 13.1 Å². The van der Waals surface area contributed by atoms with Crippen molar-refractivity contribution in [2.45, 2.75) is 89.1 Å². The molecule has 0 spiro atoms. The third-order valence-electron chi connectivity index (χ3n) is 11.6. The van der Waals surface area contributed by atoms with Crippen LogP contribution in [-0.2, 0) is 39.8 Å². The number of hydrogen-bond donors (Lipinski definition) is 7. The van der Waals surface area contributed by atoms with E-state index >= 15 is 0 Å². The molecule has 390 valence electrons. The van der Waals surface area contributed by atoms with E-state index in [1.165, 1.54) is 0 Å². The molecule has 2 aliphatic carbocycles. The first-order valence-corrected chi connectivity index (χ1v) is 24.1. The first-order chi connectivity index (χ1) is 35.1. The molecular weight excluding hydrogens is 974 g/mol. The van der Waals surface area contributed by atoms with Crippen LogP contribution < -0.4 is 26.6 Å². The second-order valence-electron chi connectivity index (χ2n) is 19.4. The van der Waals surface area contributed by atoms with Crippen molar-refractivity contribution in [3.63, 3.8) is 0 Å². The third-order valence-corrected chi connectivity index (χ3v) is 11.8. The van der Waals surface area contributed by atoms with Crippen molar-refractivity contribution in [1.29, 1.82) is 0 Å². The van der Waals surface area contributed by atoms with Gasteiger partial charge in [0.2, 0.25) is 5.91 Å². The normalized spacial score (nSPS) is 13.6. The Bertz CT molecular complexity index is 2750. The number of alkyl carbamates (subject to hydrolysis) is 4. The van der Waals surface area contributed by atoms with Crippen molar-refractivity contribution in [3.05, 3.63) is 154 Å². The predicted octanol–water partition coefficient (Wildman–Crippen LogP) is 8.39. The molecule has 7 rings (SSSR count). The molecule has 0 aromatic heterocycles. The largest absolute Gasteiger partial charge is 0.480 e. The van der Waals surface area contributed by atoms with Crippen molar-refractivity contribution in [1.82, 2.24) is 26.6 Å². The summed E-state index contributed by atoms with van der Waals surface area (Å²) in [5.41, 5.74) is 7.69. The Labute approximate surface area is 433 Å². The Morgan fingerprint density at radius 2 is 0.824 bits per heavy atom. The smallest absolute Gasteiger partial charge is 0.408 e. The third kappa shape index (κ3) is 15.4. The van der Waals surface area contributed by atoms with Gasteiger partial charge >= 0.3 is 36.3 Å². The number of rotatable bonds is 16. The van der Waals surface area contributed by atoms with Crippen LogP contribution in [0.5, 0.6) is 0 Å². The van der Waals surface area contributed by atoms with E-state index in [4.69, 9.17) is 30.5 Å². The number of benzene rings is 5. The van der Waals surface area contributed by atoms with E-state index in [2.05, 4.69) is 26.6 Å². The molecule has 0 fully saturated rings. The zero-order valence-corrected chi connectivity index (χ0v) is 42.5. The van der Waals surface area contributed by atoms with Crippen LogP contribution in [-0.4, -0.2) is 108 Å². The first kappa shape index (κ1) is 55.2. The molecule has 5 aromatic rings. The molecule has 19 heteroatoms. The molecule has 3 atom stereocenters. The summed E-state index contributed by atoms with van der Waals surface area (Å²) in [5.74, 6) is -3.73. The van der Waals surface area contributed by atoms with Gasteiger partial charge in [0.25, 0.3) is 0 Å². The first-order valence-electron chi connectivity index (χ1n) is 23.7. The number of aliphatic carboxylic acids is 2. The summed E-state index contributed by atoms with van der Waals surface area (Å²) in [6.07, 6.45) is -3.28.